The second-order valence-electron chi connectivity index (χ2n) is 9.53. The smallest absolute Gasteiger partial charge is 0.294 e. The van der Waals surface area contributed by atoms with E-state index in [0.29, 0.717) is 21.7 Å². The monoisotopic (exact) mass is 512 g/mol. The van der Waals surface area contributed by atoms with Crippen molar-refractivity contribution >= 4 is 45.6 Å². The maximum atomic E-state index is 13.8. The van der Waals surface area contributed by atoms with Gasteiger partial charge in [0, 0.05) is 34.9 Å². The van der Waals surface area contributed by atoms with Crippen molar-refractivity contribution in [3.8, 4) is 0 Å². The fourth-order valence-electron chi connectivity index (χ4n) is 5.35. The molecule has 2 aliphatic rings. The third-order valence-corrected chi connectivity index (χ3v) is 7.47. The number of nitrogens with zero attached hydrogens (tertiary/aromatic N) is 2. The average Bonchev–Trinajstić information content (AvgIpc) is 3.63. The van der Waals surface area contributed by atoms with E-state index in [1.165, 1.54) is 17.7 Å². The van der Waals surface area contributed by atoms with Gasteiger partial charge in [0.1, 0.15) is 5.58 Å². The van der Waals surface area contributed by atoms with Crippen LogP contribution in [-0.4, -0.2) is 29.9 Å². The van der Waals surface area contributed by atoms with Crippen LogP contribution in [-0.2, 0) is 4.79 Å². The maximum Gasteiger partial charge on any atom is 0.294 e. The van der Waals surface area contributed by atoms with Crippen molar-refractivity contribution in [2.24, 2.45) is 0 Å². The molecule has 3 heterocycles. The number of fused-ring (bicyclic) bond motifs is 1. The van der Waals surface area contributed by atoms with Gasteiger partial charge < -0.3 is 14.4 Å². The number of aryl methyl sites for hydroxylation is 1. The highest BCUT2D eigenvalue weighted by atomic mass is 35.5. The van der Waals surface area contributed by atoms with Crippen LogP contribution in [0.2, 0.25) is 5.02 Å². The van der Waals surface area contributed by atoms with E-state index in [-0.39, 0.29) is 11.3 Å². The first-order valence-electron chi connectivity index (χ1n) is 12.3. The van der Waals surface area contributed by atoms with Crippen molar-refractivity contribution in [3.05, 3.63) is 106 Å². The summed E-state index contributed by atoms with van der Waals surface area (Å²) in [6, 6.07) is 21.2. The lowest BCUT2D eigenvalue weighted by Gasteiger charge is -2.28. The van der Waals surface area contributed by atoms with Gasteiger partial charge in [-0.15, -0.1) is 0 Å². The standard InChI is InChI=1S/C30H25ClN2O4/c1-18-6-2-3-7-23(18)27-26(28(34)25-17-19-16-20(31)8-13-24(19)37-25)29(35)30(36)33(27)22-11-9-21(10-12-22)32-14-4-5-15-32/h2-3,6-13,16-17,27,35H,4-5,14-15H2,1H3. The van der Waals surface area contributed by atoms with Crippen LogP contribution in [0.15, 0.2) is 88.5 Å². The molecule has 3 aromatic carbocycles. The SMILES string of the molecule is Cc1ccccc1C1C(C(=O)c2cc3cc(Cl)ccc3o2)=C(O)C(=O)N1c1ccc(N2CCCC2)cc1. The number of aliphatic hydroxyl groups is 1. The molecule has 6 rings (SSSR count). The normalized spacial score (nSPS) is 17.9. The molecular weight excluding hydrogens is 488 g/mol. The third kappa shape index (κ3) is 3.98. The van der Waals surface area contributed by atoms with Gasteiger partial charge in [-0.05, 0) is 79.4 Å². The zero-order valence-electron chi connectivity index (χ0n) is 20.3. The fraction of sp³-hybridized carbons (Fsp3) is 0.200. The predicted molar refractivity (Wildman–Crippen MR) is 145 cm³/mol. The first-order chi connectivity index (χ1) is 17.9. The minimum atomic E-state index is -0.810. The number of hydrogen-bond acceptors (Lipinski definition) is 5. The summed E-state index contributed by atoms with van der Waals surface area (Å²) in [5.41, 5.74) is 3.84. The van der Waals surface area contributed by atoms with E-state index in [4.69, 9.17) is 16.0 Å². The van der Waals surface area contributed by atoms with E-state index in [0.717, 1.165) is 29.9 Å². The number of hydrogen-bond donors (Lipinski definition) is 1. The van der Waals surface area contributed by atoms with Crippen molar-refractivity contribution in [2.75, 3.05) is 22.9 Å². The minimum Gasteiger partial charge on any atom is -0.503 e. The van der Waals surface area contributed by atoms with Crippen molar-refractivity contribution in [3.63, 3.8) is 0 Å². The lowest BCUT2D eigenvalue weighted by Crippen LogP contribution is -2.31. The molecule has 0 aliphatic carbocycles. The molecule has 2 aliphatic heterocycles. The zero-order valence-corrected chi connectivity index (χ0v) is 21.0. The Labute approximate surface area is 219 Å². The van der Waals surface area contributed by atoms with Crippen molar-refractivity contribution in [2.45, 2.75) is 25.8 Å². The molecule has 4 aromatic rings. The Morgan fingerprint density at radius 3 is 2.41 bits per heavy atom. The molecule has 1 unspecified atom stereocenters. The van der Waals surface area contributed by atoms with Gasteiger partial charge in [0.25, 0.3) is 5.91 Å². The molecule has 1 atom stereocenters. The highest BCUT2D eigenvalue weighted by Crippen LogP contribution is 2.43. The Hall–Kier alpha value is -4.03. The molecule has 7 heteroatoms. The Morgan fingerprint density at radius 2 is 1.68 bits per heavy atom. The number of aliphatic hydroxyl groups excluding tert-OH is 1. The summed E-state index contributed by atoms with van der Waals surface area (Å²) in [6.07, 6.45) is 2.33. The van der Waals surface area contributed by atoms with Gasteiger partial charge >= 0.3 is 0 Å². The number of carbonyl (C=O) groups excluding carboxylic acids is 2. The molecule has 6 nitrogen and oxygen atoms in total. The first kappa shape index (κ1) is 23.4. The highest BCUT2D eigenvalue weighted by molar-refractivity contribution is 6.31. The van der Waals surface area contributed by atoms with Crippen LogP contribution in [0, 0.1) is 6.92 Å². The quantitative estimate of drug-likeness (QED) is 0.298. The van der Waals surface area contributed by atoms with Crippen LogP contribution in [0.4, 0.5) is 11.4 Å². The van der Waals surface area contributed by atoms with Crippen LogP contribution >= 0.6 is 11.6 Å². The lowest BCUT2D eigenvalue weighted by atomic mass is 9.92. The van der Waals surface area contributed by atoms with E-state index in [1.54, 1.807) is 24.3 Å². The molecule has 186 valence electrons. The molecule has 1 saturated heterocycles. The highest BCUT2D eigenvalue weighted by Gasteiger charge is 2.45. The molecule has 1 amide bonds. The van der Waals surface area contributed by atoms with Gasteiger partial charge in [-0.1, -0.05) is 35.9 Å². The number of halogens is 1. The Bertz CT molecular complexity index is 1560. The zero-order chi connectivity index (χ0) is 25.7. The molecule has 1 fully saturated rings. The van der Waals surface area contributed by atoms with E-state index < -0.39 is 23.5 Å². The number of rotatable bonds is 5. The Kier molecular flexibility index (Phi) is 5.76. The van der Waals surface area contributed by atoms with Gasteiger partial charge in [0.05, 0.1) is 11.6 Å². The van der Waals surface area contributed by atoms with Gasteiger partial charge in [0.15, 0.2) is 11.5 Å². The number of Topliss-reactive ketones (excluding diaryl/α,β-unsaturated/α-hetero) is 1. The van der Waals surface area contributed by atoms with E-state index in [2.05, 4.69) is 4.90 Å². The number of ketones is 1. The fourth-order valence-corrected chi connectivity index (χ4v) is 5.53. The molecule has 0 spiro atoms. The van der Waals surface area contributed by atoms with Crippen LogP contribution in [0.5, 0.6) is 0 Å². The van der Waals surface area contributed by atoms with Gasteiger partial charge in [-0.3, -0.25) is 14.5 Å². The van der Waals surface area contributed by atoms with Crippen LogP contribution in [0.25, 0.3) is 11.0 Å². The third-order valence-electron chi connectivity index (χ3n) is 7.24. The van der Waals surface area contributed by atoms with Crippen LogP contribution in [0.3, 0.4) is 0 Å². The summed E-state index contributed by atoms with van der Waals surface area (Å²) in [5, 5.41) is 12.3. The van der Waals surface area contributed by atoms with Crippen LogP contribution in [0.1, 0.15) is 40.6 Å². The van der Waals surface area contributed by atoms with Crippen molar-refractivity contribution < 1.29 is 19.1 Å². The molecule has 0 radical (unpaired) electrons. The van der Waals surface area contributed by atoms with Gasteiger partial charge in [-0.2, -0.15) is 0 Å². The van der Waals surface area contributed by atoms with E-state index in [1.807, 2.05) is 55.5 Å². The number of carbonyl (C=O) groups is 2. The minimum absolute atomic E-state index is 0.00641. The van der Waals surface area contributed by atoms with Crippen molar-refractivity contribution in [1.29, 1.82) is 0 Å². The number of anilines is 2. The number of furan rings is 1. The maximum absolute atomic E-state index is 13.8. The summed E-state index contributed by atoms with van der Waals surface area (Å²) in [4.78, 5) is 31.2. The molecule has 0 saturated carbocycles. The Morgan fingerprint density at radius 1 is 0.973 bits per heavy atom. The Balaban J connectivity index is 1.44. The second kappa shape index (κ2) is 9.12. The largest absolute Gasteiger partial charge is 0.503 e. The predicted octanol–water partition coefficient (Wildman–Crippen LogP) is 6.78. The van der Waals surface area contributed by atoms with E-state index >= 15 is 0 Å². The molecule has 1 aromatic heterocycles. The lowest BCUT2D eigenvalue weighted by molar-refractivity contribution is -0.117. The topological polar surface area (TPSA) is 74.0 Å². The molecule has 0 bridgehead atoms. The summed E-state index contributed by atoms with van der Waals surface area (Å²) in [5.74, 6) is -1.69. The molecule has 37 heavy (non-hydrogen) atoms. The summed E-state index contributed by atoms with van der Waals surface area (Å²) in [6.45, 7) is 3.95. The molecule has 1 N–H and O–H groups in total. The van der Waals surface area contributed by atoms with Gasteiger partial charge in [0.2, 0.25) is 5.78 Å². The molecular formula is C30H25ClN2O4. The second-order valence-corrected chi connectivity index (χ2v) is 9.97. The summed E-state index contributed by atoms with van der Waals surface area (Å²) < 4.78 is 5.82. The average molecular weight is 513 g/mol. The summed E-state index contributed by atoms with van der Waals surface area (Å²) >= 11 is 6.11. The number of benzene rings is 3. The number of amides is 1. The first-order valence-corrected chi connectivity index (χ1v) is 12.7. The van der Waals surface area contributed by atoms with E-state index in [9.17, 15) is 14.7 Å². The van der Waals surface area contributed by atoms with Gasteiger partial charge in [-0.25, -0.2) is 0 Å². The van der Waals surface area contributed by atoms with Crippen molar-refractivity contribution in [1.82, 2.24) is 0 Å². The summed E-state index contributed by atoms with van der Waals surface area (Å²) in [7, 11) is 0. The van der Waals surface area contributed by atoms with Crippen LogP contribution < -0.4 is 9.80 Å².